The van der Waals surface area contributed by atoms with Gasteiger partial charge in [0.25, 0.3) is 0 Å². The Labute approximate surface area is 341 Å². The van der Waals surface area contributed by atoms with Gasteiger partial charge in [-0.3, -0.25) is 4.57 Å². The van der Waals surface area contributed by atoms with Crippen LogP contribution in [0.15, 0.2) is 218 Å². The molecule has 0 amide bonds. The molecule has 11 aromatic carbocycles. The minimum Gasteiger partial charge on any atom is -0.292 e. The second kappa shape index (κ2) is 13.4. The van der Waals surface area contributed by atoms with Gasteiger partial charge in [0.05, 0.1) is 11.0 Å². The maximum Gasteiger partial charge on any atom is 0.146 e. The molecule has 0 N–H and O–H groups in total. The lowest BCUT2D eigenvalue weighted by atomic mass is 9.84. The van der Waals surface area contributed by atoms with Crippen molar-refractivity contribution in [3.63, 3.8) is 0 Å². The van der Waals surface area contributed by atoms with Crippen LogP contribution in [0.25, 0.3) is 115 Å². The molecule has 0 atom stereocenters. The number of hydrogen-bond donors (Lipinski definition) is 0. The molecular formula is C57H36N2. The van der Waals surface area contributed by atoms with Crippen LogP contribution in [0.5, 0.6) is 0 Å². The Hall–Kier alpha value is -7.81. The zero-order valence-electron chi connectivity index (χ0n) is 32.2. The molecule has 0 aliphatic rings. The summed E-state index contributed by atoms with van der Waals surface area (Å²) in [6, 6.07) is 79.6. The molecule has 0 saturated heterocycles. The Balaban J connectivity index is 1.07. The molecule has 1 aromatic heterocycles. The van der Waals surface area contributed by atoms with Gasteiger partial charge in [-0.25, -0.2) is 4.98 Å². The van der Waals surface area contributed by atoms with Crippen molar-refractivity contribution in [2.75, 3.05) is 0 Å². The maximum absolute atomic E-state index is 5.22. The van der Waals surface area contributed by atoms with Gasteiger partial charge in [-0.1, -0.05) is 176 Å². The van der Waals surface area contributed by atoms with Crippen molar-refractivity contribution < 1.29 is 0 Å². The fraction of sp³-hybridized carbons (Fsp3) is 0. The van der Waals surface area contributed by atoms with E-state index in [1.807, 2.05) is 0 Å². The lowest BCUT2D eigenvalue weighted by molar-refractivity contribution is 1.11. The second-order valence-electron chi connectivity index (χ2n) is 15.5. The number of hydrogen-bond acceptors (Lipinski definition) is 1. The average molecular weight is 749 g/mol. The van der Waals surface area contributed by atoms with Crippen molar-refractivity contribution in [3.8, 4) is 50.5 Å². The standard InChI is InChI=1S/C57H36N2/c1-3-15-41-34-44(26-24-37(41)12-1)55-48-19-7-8-20-49(48)56(45-27-25-38-13-2-4-16-42(38)35-45)52-36-43(30-33-50(52)55)39-28-31-46(32-29-39)59-54-23-10-9-22-53(54)58-57(59)51-21-11-17-40-14-5-6-18-47(40)51/h1-36H. The molecule has 0 spiro atoms. The molecule has 0 unspecified atom stereocenters. The van der Waals surface area contributed by atoms with Crippen LogP contribution < -0.4 is 0 Å². The molecule has 59 heavy (non-hydrogen) atoms. The molecule has 2 nitrogen and oxygen atoms in total. The molecule has 0 saturated carbocycles. The molecule has 0 radical (unpaired) electrons. The minimum absolute atomic E-state index is 0.939. The Bertz CT molecular complexity index is 3600. The first-order chi connectivity index (χ1) is 29.2. The summed E-state index contributed by atoms with van der Waals surface area (Å²) in [4.78, 5) is 5.22. The van der Waals surface area contributed by atoms with Crippen molar-refractivity contribution in [3.05, 3.63) is 218 Å². The highest BCUT2D eigenvalue weighted by atomic mass is 15.1. The quantitative estimate of drug-likeness (QED) is 0.160. The SMILES string of the molecule is c1ccc2cc(-c3c4ccccc4c(-c4ccc5ccccc5c4)c4cc(-c5ccc(-n6c(-c7cccc8ccccc78)nc7ccccc76)cc5)ccc34)ccc2c1. The summed E-state index contributed by atoms with van der Waals surface area (Å²) >= 11 is 0. The first kappa shape index (κ1) is 33.3. The Morgan fingerprint density at radius 2 is 0.814 bits per heavy atom. The van der Waals surface area contributed by atoms with Gasteiger partial charge < -0.3 is 0 Å². The molecule has 0 bridgehead atoms. The van der Waals surface area contributed by atoms with Gasteiger partial charge in [-0.15, -0.1) is 0 Å². The predicted molar refractivity (Wildman–Crippen MR) is 250 cm³/mol. The van der Waals surface area contributed by atoms with E-state index in [1.165, 1.54) is 81.7 Å². The Morgan fingerprint density at radius 3 is 1.51 bits per heavy atom. The lowest BCUT2D eigenvalue weighted by Crippen LogP contribution is -1.98. The molecular weight excluding hydrogens is 713 g/mol. The van der Waals surface area contributed by atoms with Crippen molar-refractivity contribution in [1.29, 1.82) is 0 Å². The molecule has 12 aromatic rings. The van der Waals surface area contributed by atoms with Gasteiger partial charge in [0, 0.05) is 11.3 Å². The zero-order valence-corrected chi connectivity index (χ0v) is 32.2. The summed E-state index contributed by atoms with van der Waals surface area (Å²) in [7, 11) is 0. The normalized spacial score (nSPS) is 11.7. The van der Waals surface area contributed by atoms with Gasteiger partial charge in [-0.2, -0.15) is 0 Å². The van der Waals surface area contributed by atoms with Crippen LogP contribution in [0.3, 0.4) is 0 Å². The molecule has 12 rings (SSSR count). The van der Waals surface area contributed by atoms with Gasteiger partial charge in [0.15, 0.2) is 0 Å². The molecule has 0 fully saturated rings. The minimum atomic E-state index is 0.939. The van der Waals surface area contributed by atoms with E-state index in [9.17, 15) is 0 Å². The maximum atomic E-state index is 5.22. The van der Waals surface area contributed by atoms with Gasteiger partial charge in [-0.05, 0) is 130 Å². The Morgan fingerprint density at radius 1 is 0.305 bits per heavy atom. The number of aromatic nitrogens is 2. The smallest absolute Gasteiger partial charge is 0.146 e. The van der Waals surface area contributed by atoms with Gasteiger partial charge in [0.2, 0.25) is 0 Å². The van der Waals surface area contributed by atoms with Crippen molar-refractivity contribution in [2.24, 2.45) is 0 Å². The third kappa shape index (κ3) is 5.45. The number of nitrogens with zero attached hydrogens (tertiary/aromatic N) is 2. The Kier molecular flexibility index (Phi) is 7.57. The first-order valence-corrected chi connectivity index (χ1v) is 20.3. The second-order valence-corrected chi connectivity index (χ2v) is 15.5. The topological polar surface area (TPSA) is 17.8 Å². The predicted octanol–water partition coefficient (Wildman–Crippen LogP) is 15.5. The van der Waals surface area contributed by atoms with E-state index in [0.29, 0.717) is 0 Å². The number of imidazole rings is 1. The highest BCUT2D eigenvalue weighted by Crippen LogP contribution is 2.46. The average Bonchev–Trinajstić information content (AvgIpc) is 3.69. The van der Waals surface area contributed by atoms with E-state index >= 15 is 0 Å². The summed E-state index contributed by atoms with van der Waals surface area (Å²) < 4.78 is 2.31. The van der Waals surface area contributed by atoms with E-state index in [4.69, 9.17) is 4.98 Å². The summed E-state index contributed by atoms with van der Waals surface area (Å²) in [5, 5.41) is 12.4. The van der Waals surface area contributed by atoms with Crippen molar-refractivity contribution >= 4 is 64.9 Å². The first-order valence-electron chi connectivity index (χ1n) is 20.3. The highest BCUT2D eigenvalue weighted by molar-refractivity contribution is 6.22. The third-order valence-electron chi connectivity index (χ3n) is 12.2. The van der Waals surface area contributed by atoms with Crippen molar-refractivity contribution in [2.45, 2.75) is 0 Å². The molecule has 1 heterocycles. The number of para-hydroxylation sites is 2. The number of rotatable bonds is 5. The molecule has 0 aliphatic heterocycles. The molecule has 0 aliphatic carbocycles. The molecule has 274 valence electrons. The van der Waals surface area contributed by atoms with E-state index in [0.717, 1.165) is 33.7 Å². The highest BCUT2D eigenvalue weighted by Gasteiger charge is 2.20. The van der Waals surface area contributed by atoms with Crippen LogP contribution in [-0.2, 0) is 0 Å². The van der Waals surface area contributed by atoms with E-state index in [-0.39, 0.29) is 0 Å². The number of benzene rings is 11. The summed E-state index contributed by atoms with van der Waals surface area (Å²) in [5.41, 5.74) is 11.6. The van der Waals surface area contributed by atoms with Crippen LogP contribution in [0.2, 0.25) is 0 Å². The zero-order chi connectivity index (χ0) is 38.9. The van der Waals surface area contributed by atoms with Crippen LogP contribution in [0.4, 0.5) is 0 Å². The van der Waals surface area contributed by atoms with Gasteiger partial charge >= 0.3 is 0 Å². The molecule has 2 heteroatoms. The fourth-order valence-corrected chi connectivity index (χ4v) is 9.36. The fourth-order valence-electron chi connectivity index (χ4n) is 9.36. The third-order valence-corrected chi connectivity index (χ3v) is 12.2. The van der Waals surface area contributed by atoms with Crippen LogP contribution in [0, 0.1) is 0 Å². The van der Waals surface area contributed by atoms with Crippen molar-refractivity contribution in [1.82, 2.24) is 9.55 Å². The van der Waals surface area contributed by atoms with E-state index in [2.05, 4.69) is 223 Å². The largest absolute Gasteiger partial charge is 0.292 e. The van der Waals surface area contributed by atoms with Crippen LogP contribution >= 0.6 is 0 Å². The monoisotopic (exact) mass is 748 g/mol. The number of fused-ring (bicyclic) bond motifs is 6. The summed E-state index contributed by atoms with van der Waals surface area (Å²) in [5.74, 6) is 0.939. The van der Waals surface area contributed by atoms with Crippen LogP contribution in [0.1, 0.15) is 0 Å². The van der Waals surface area contributed by atoms with Gasteiger partial charge in [0.1, 0.15) is 5.82 Å². The van der Waals surface area contributed by atoms with E-state index < -0.39 is 0 Å². The van der Waals surface area contributed by atoms with E-state index in [1.54, 1.807) is 0 Å². The lowest BCUT2D eigenvalue weighted by Gasteiger charge is -2.19. The summed E-state index contributed by atoms with van der Waals surface area (Å²) in [6.07, 6.45) is 0. The summed E-state index contributed by atoms with van der Waals surface area (Å²) in [6.45, 7) is 0. The van der Waals surface area contributed by atoms with Crippen LogP contribution in [-0.4, -0.2) is 9.55 Å².